The van der Waals surface area contributed by atoms with E-state index in [4.69, 9.17) is 39.2 Å². The quantitative estimate of drug-likeness (QED) is 0.518. The average molecular weight is 344 g/mol. The van der Waals surface area contributed by atoms with Crippen molar-refractivity contribution < 1.29 is 14.3 Å². The molecular formula is C14H5Cl3O4. The van der Waals surface area contributed by atoms with Gasteiger partial charge in [0.1, 0.15) is 10.6 Å². The molecule has 0 fully saturated rings. The van der Waals surface area contributed by atoms with Crippen molar-refractivity contribution in [2.45, 2.75) is 0 Å². The van der Waals surface area contributed by atoms with Gasteiger partial charge < -0.3 is 9.52 Å². The SMILES string of the molecule is O=C(O)c1c(Cl)c(Cl)c(Cl)c2oc3ccccc3c(=O)c12. The molecule has 3 rings (SSSR count). The fraction of sp³-hybridized carbons (Fsp3) is 0. The van der Waals surface area contributed by atoms with Crippen molar-refractivity contribution in [3.05, 3.63) is 55.1 Å². The first kappa shape index (κ1) is 14.2. The van der Waals surface area contributed by atoms with Crippen LogP contribution in [0.4, 0.5) is 0 Å². The minimum atomic E-state index is -1.38. The average Bonchev–Trinajstić information content (AvgIpc) is 2.46. The van der Waals surface area contributed by atoms with Crippen LogP contribution >= 0.6 is 34.8 Å². The molecule has 0 bridgehead atoms. The third-order valence-corrected chi connectivity index (χ3v) is 4.38. The predicted octanol–water partition coefficient (Wildman–Crippen LogP) is 4.60. The summed E-state index contributed by atoms with van der Waals surface area (Å²) in [6.45, 7) is 0. The maximum Gasteiger partial charge on any atom is 0.338 e. The number of carbonyl (C=O) groups is 1. The third kappa shape index (κ3) is 1.99. The van der Waals surface area contributed by atoms with Crippen LogP contribution in [0.25, 0.3) is 21.9 Å². The highest BCUT2D eigenvalue weighted by Gasteiger charge is 2.25. The van der Waals surface area contributed by atoms with Gasteiger partial charge in [-0.15, -0.1) is 0 Å². The Morgan fingerprint density at radius 3 is 2.38 bits per heavy atom. The van der Waals surface area contributed by atoms with E-state index in [0.717, 1.165) is 0 Å². The molecule has 1 N–H and O–H groups in total. The summed E-state index contributed by atoms with van der Waals surface area (Å²) in [5.41, 5.74) is -0.746. The molecule has 0 aliphatic rings. The molecule has 3 aromatic rings. The number of para-hydroxylation sites is 1. The number of carboxylic acids is 1. The number of benzene rings is 2. The summed E-state index contributed by atoms with van der Waals surface area (Å²) in [5, 5.41) is 8.81. The van der Waals surface area contributed by atoms with Gasteiger partial charge in [0.25, 0.3) is 0 Å². The standard InChI is InChI=1S/C14H5Cl3O4/c15-9-7(14(19)20)8-12(18)5-3-1-2-4-6(5)21-13(8)11(17)10(9)16/h1-4H,(H,19,20). The summed E-state index contributed by atoms with van der Waals surface area (Å²) >= 11 is 17.9. The van der Waals surface area contributed by atoms with E-state index in [-0.39, 0.29) is 37.0 Å². The lowest BCUT2D eigenvalue weighted by molar-refractivity contribution is 0.0699. The largest absolute Gasteiger partial charge is 0.478 e. The van der Waals surface area contributed by atoms with Crippen LogP contribution in [0.2, 0.25) is 15.1 Å². The van der Waals surface area contributed by atoms with Gasteiger partial charge in [-0.05, 0) is 12.1 Å². The molecule has 0 radical (unpaired) electrons. The number of rotatable bonds is 1. The van der Waals surface area contributed by atoms with E-state index in [2.05, 4.69) is 0 Å². The minimum Gasteiger partial charge on any atom is -0.478 e. The van der Waals surface area contributed by atoms with Crippen molar-refractivity contribution in [3.63, 3.8) is 0 Å². The summed E-state index contributed by atoms with van der Waals surface area (Å²) in [4.78, 5) is 24.0. The minimum absolute atomic E-state index is 0.0906. The highest BCUT2D eigenvalue weighted by atomic mass is 35.5. The van der Waals surface area contributed by atoms with E-state index < -0.39 is 17.0 Å². The fourth-order valence-electron chi connectivity index (χ4n) is 2.14. The number of halogens is 3. The maximum absolute atomic E-state index is 12.5. The highest BCUT2D eigenvalue weighted by Crippen LogP contribution is 2.40. The molecule has 0 atom stereocenters. The van der Waals surface area contributed by atoms with Gasteiger partial charge in [0.15, 0.2) is 5.58 Å². The molecule has 0 unspecified atom stereocenters. The molecule has 0 saturated heterocycles. The van der Waals surface area contributed by atoms with Gasteiger partial charge in [0, 0.05) is 0 Å². The number of hydrogen-bond donors (Lipinski definition) is 1. The third-order valence-electron chi connectivity index (χ3n) is 3.07. The first-order chi connectivity index (χ1) is 9.93. The van der Waals surface area contributed by atoms with Crippen LogP contribution in [-0.2, 0) is 0 Å². The molecule has 21 heavy (non-hydrogen) atoms. The van der Waals surface area contributed by atoms with Gasteiger partial charge in [-0.3, -0.25) is 4.79 Å². The van der Waals surface area contributed by atoms with Crippen LogP contribution in [0.15, 0.2) is 33.5 Å². The van der Waals surface area contributed by atoms with Crippen LogP contribution < -0.4 is 5.43 Å². The molecule has 2 aromatic carbocycles. The Kier molecular flexibility index (Phi) is 3.32. The van der Waals surface area contributed by atoms with Crippen molar-refractivity contribution in [1.29, 1.82) is 0 Å². The van der Waals surface area contributed by atoms with E-state index in [1.54, 1.807) is 18.2 Å². The lowest BCUT2D eigenvalue weighted by atomic mass is 10.1. The molecule has 0 spiro atoms. The van der Waals surface area contributed by atoms with Crippen molar-refractivity contribution >= 4 is 62.7 Å². The van der Waals surface area contributed by atoms with Crippen LogP contribution in [0.5, 0.6) is 0 Å². The van der Waals surface area contributed by atoms with Gasteiger partial charge in [-0.2, -0.15) is 0 Å². The van der Waals surface area contributed by atoms with Crippen molar-refractivity contribution in [2.24, 2.45) is 0 Å². The van der Waals surface area contributed by atoms with Gasteiger partial charge in [-0.1, -0.05) is 46.9 Å². The summed E-state index contributed by atoms with van der Waals surface area (Å²) in [6, 6.07) is 6.43. The van der Waals surface area contributed by atoms with Gasteiger partial charge in [0.05, 0.1) is 26.4 Å². The Morgan fingerprint density at radius 1 is 1.05 bits per heavy atom. The Morgan fingerprint density at radius 2 is 1.71 bits per heavy atom. The first-order valence-corrected chi connectivity index (χ1v) is 6.82. The molecule has 1 aromatic heterocycles. The van der Waals surface area contributed by atoms with E-state index >= 15 is 0 Å². The van der Waals surface area contributed by atoms with Crippen molar-refractivity contribution in [2.75, 3.05) is 0 Å². The lowest BCUT2D eigenvalue weighted by Gasteiger charge is -2.09. The van der Waals surface area contributed by atoms with E-state index in [1.807, 2.05) is 0 Å². The Balaban J connectivity index is 2.72. The van der Waals surface area contributed by atoms with Crippen LogP contribution in [0, 0.1) is 0 Å². The van der Waals surface area contributed by atoms with Crippen LogP contribution in [0.3, 0.4) is 0 Å². The Labute approximate surface area is 132 Å². The van der Waals surface area contributed by atoms with E-state index in [9.17, 15) is 14.7 Å². The second kappa shape index (κ2) is 4.91. The van der Waals surface area contributed by atoms with Crippen molar-refractivity contribution in [1.82, 2.24) is 0 Å². The normalized spacial score (nSPS) is 11.2. The lowest BCUT2D eigenvalue weighted by Crippen LogP contribution is -2.10. The second-order valence-corrected chi connectivity index (χ2v) is 5.39. The molecule has 0 saturated carbocycles. The number of aromatic carboxylic acids is 1. The Bertz CT molecular complexity index is 976. The monoisotopic (exact) mass is 342 g/mol. The molecule has 0 aliphatic heterocycles. The number of fused-ring (bicyclic) bond motifs is 2. The van der Waals surface area contributed by atoms with Crippen LogP contribution in [-0.4, -0.2) is 11.1 Å². The summed E-state index contributed by atoms with van der Waals surface area (Å²) in [5.74, 6) is -1.38. The summed E-state index contributed by atoms with van der Waals surface area (Å²) < 4.78 is 5.55. The van der Waals surface area contributed by atoms with Crippen LogP contribution in [0.1, 0.15) is 10.4 Å². The number of hydrogen-bond acceptors (Lipinski definition) is 3. The van der Waals surface area contributed by atoms with Gasteiger partial charge in [0.2, 0.25) is 5.43 Å². The molecule has 1 heterocycles. The smallest absolute Gasteiger partial charge is 0.338 e. The fourth-order valence-corrected chi connectivity index (χ4v) is 2.87. The molecule has 0 amide bonds. The highest BCUT2D eigenvalue weighted by molar-refractivity contribution is 6.51. The zero-order chi connectivity index (χ0) is 15.3. The predicted molar refractivity (Wildman–Crippen MR) is 82.0 cm³/mol. The van der Waals surface area contributed by atoms with E-state index in [1.165, 1.54) is 6.07 Å². The molecular weight excluding hydrogens is 339 g/mol. The van der Waals surface area contributed by atoms with E-state index in [0.29, 0.717) is 0 Å². The summed E-state index contributed by atoms with van der Waals surface area (Å²) in [7, 11) is 0. The van der Waals surface area contributed by atoms with Gasteiger partial charge in [-0.25, -0.2) is 4.79 Å². The zero-order valence-electron chi connectivity index (χ0n) is 10.1. The second-order valence-electron chi connectivity index (χ2n) is 4.25. The first-order valence-electron chi connectivity index (χ1n) is 5.68. The molecule has 7 heteroatoms. The maximum atomic E-state index is 12.5. The molecule has 4 nitrogen and oxygen atoms in total. The van der Waals surface area contributed by atoms with Crippen molar-refractivity contribution in [3.8, 4) is 0 Å². The zero-order valence-corrected chi connectivity index (χ0v) is 12.4. The molecule has 106 valence electrons. The number of carboxylic acid groups (broad SMARTS) is 1. The topological polar surface area (TPSA) is 67.5 Å². The summed E-state index contributed by atoms with van der Waals surface area (Å²) in [6.07, 6.45) is 0. The van der Waals surface area contributed by atoms with Gasteiger partial charge >= 0.3 is 5.97 Å². The molecule has 0 aliphatic carbocycles. The Hall–Kier alpha value is -1.75.